The number of alkyl halides is 1. The Hall–Kier alpha value is -1.22. The number of halogens is 1. The van der Waals surface area contributed by atoms with Crippen LogP contribution in [0.1, 0.15) is 30.1 Å². The van der Waals surface area contributed by atoms with Crippen molar-refractivity contribution in [3.8, 4) is 5.75 Å². The van der Waals surface area contributed by atoms with E-state index in [2.05, 4.69) is 12.2 Å². The standard InChI is InChI=1S/C13H18ClNO2/c1-2-10(7-8-14)9-15-13(17)11-3-5-12(16)6-4-11/h3-6,10,16H,2,7-9H2,1H3,(H,15,17). The summed E-state index contributed by atoms with van der Waals surface area (Å²) in [6, 6.07) is 6.22. The molecule has 0 spiro atoms. The molecular formula is C13H18ClNO2. The number of hydrogen-bond donors (Lipinski definition) is 2. The van der Waals surface area contributed by atoms with Crippen molar-refractivity contribution < 1.29 is 9.90 Å². The van der Waals surface area contributed by atoms with E-state index in [0.717, 1.165) is 12.8 Å². The minimum absolute atomic E-state index is 0.113. The quantitative estimate of drug-likeness (QED) is 0.768. The molecule has 0 heterocycles. The number of hydrogen-bond acceptors (Lipinski definition) is 2. The lowest BCUT2D eigenvalue weighted by Crippen LogP contribution is -2.29. The molecule has 1 aromatic rings. The molecule has 1 atom stereocenters. The summed E-state index contributed by atoms with van der Waals surface area (Å²) < 4.78 is 0. The first-order chi connectivity index (χ1) is 8.17. The van der Waals surface area contributed by atoms with E-state index in [1.165, 1.54) is 12.1 Å². The van der Waals surface area contributed by atoms with Gasteiger partial charge in [0, 0.05) is 18.0 Å². The minimum atomic E-state index is -0.113. The third-order valence-corrected chi connectivity index (χ3v) is 2.99. The van der Waals surface area contributed by atoms with Crippen LogP contribution >= 0.6 is 11.6 Å². The van der Waals surface area contributed by atoms with Gasteiger partial charge in [-0.25, -0.2) is 0 Å². The van der Waals surface area contributed by atoms with Crippen LogP contribution in [0, 0.1) is 5.92 Å². The first-order valence-electron chi connectivity index (χ1n) is 5.80. The third kappa shape index (κ3) is 4.65. The molecule has 94 valence electrons. The van der Waals surface area contributed by atoms with E-state index in [-0.39, 0.29) is 11.7 Å². The van der Waals surface area contributed by atoms with Crippen LogP contribution < -0.4 is 5.32 Å². The van der Waals surface area contributed by atoms with Crippen molar-refractivity contribution in [1.29, 1.82) is 0 Å². The van der Waals surface area contributed by atoms with Gasteiger partial charge in [-0.2, -0.15) is 0 Å². The first kappa shape index (κ1) is 13.8. The van der Waals surface area contributed by atoms with Crippen LogP contribution in [0.2, 0.25) is 0 Å². The molecule has 0 aliphatic carbocycles. The predicted octanol–water partition coefficient (Wildman–Crippen LogP) is 2.78. The summed E-state index contributed by atoms with van der Waals surface area (Å²) in [5.41, 5.74) is 0.559. The summed E-state index contributed by atoms with van der Waals surface area (Å²) in [6.45, 7) is 2.73. The fourth-order valence-electron chi connectivity index (χ4n) is 1.56. The van der Waals surface area contributed by atoms with Gasteiger partial charge in [-0.15, -0.1) is 11.6 Å². The Morgan fingerprint density at radius 2 is 2.06 bits per heavy atom. The van der Waals surface area contributed by atoms with E-state index in [1.807, 2.05) is 0 Å². The van der Waals surface area contributed by atoms with E-state index < -0.39 is 0 Å². The average molecular weight is 256 g/mol. The maximum atomic E-state index is 11.8. The van der Waals surface area contributed by atoms with Gasteiger partial charge in [0.2, 0.25) is 0 Å². The molecule has 0 aromatic heterocycles. The van der Waals surface area contributed by atoms with Crippen LogP contribution in [0.3, 0.4) is 0 Å². The number of carbonyl (C=O) groups excluding carboxylic acids is 1. The van der Waals surface area contributed by atoms with Gasteiger partial charge in [0.25, 0.3) is 5.91 Å². The van der Waals surface area contributed by atoms with Crippen molar-refractivity contribution in [3.63, 3.8) is 0 Å². The molecule has 0 saturated carbocycles. The molecule has 1 rings (SSSR count). The largest absolute Gasteiger partial charge is 0.508 e. The summed E-state index contributed by atoms with van der Waals surface area (Å²) in [7, 11) is 0. The number of phenols is 1. The summed E-state index contributed by atoms with van der Waals surface area (Å²) in [5, 5.41) is 12.0. The Morgan fingerprint density at radius 1 is 1.41 bits per heavy atom. The maximum absolute atomic E-state index is 11.8. The molecule has 0 fully saturated rings. The molecule has 4 heteroatoms. The van der Waals surface area contributed by atoms with E-state index >= 15 is 0 Å². The highest BCUT2D eigenvalue weighted by Crippen LogP contribution is 2.11. The third-order valence-electron chi connectivity index (χ3n) is 2.78. The molecular weight excluding hydrogens is 238 g/mol. The zero-order valence-electron chi connectivity index (χ0n) is 9.95. The number of nitrogens with one attached hydrogen (secondary N) is 1. The van der Waals surface area contributed by atoms with Gasteiger partial charge < -0.3 is 10.4 Å². The Kier molecular flexibility index (Phi) is 5.84. The summed E-state index contributed by atoms with van der Waals surface area (Å²) in [6.07, 6.45) is 1.91. The van der Waals surface area contributed by atoms with Gasteiger partial charge in [0.05, 0.1) is 0 Å². The molecule has 0 saturated heterocycles. The second-order valence-electron chi connectivity index (χ2n) is 4.01. The van der Waals surface area contributed by atoms with Gasteiger partial charge in [0.15, 0.2) is 0 Å². The lowest BCUT2D eigenvalue weighted by atomic mass is 10.0. The zero-order valence-corrected chi connectivity index (χ0v) is 10.7. The number of phenolic OH excluding ortho intramolecular Hbond substituents is 1. The SMILES string of the molecule is CCC(CCCl)CNC(=O)c1ccc(O)cc1. The van der Waals surface area contributed by atoms with Crippen LogP contribution in [0.4, 0.5) is 0 Å². The second kappa shape index (κ2) is 7.17. The summed E-state index contributed by atoms with van der Waals surface area (Å²) in [4.78, 5) is 11.8. The Morgan fingerprint density at radius 3 is 2.59 bits per heavy atom. The highest BCUT2D eigenvalue weighted by atomic mass is 35.5. The van der Waals surface area contributed by atoms with Crippen molar-refractivity contribution in [3.05, 3.63) is 29.8 Å². The fourth-order valence-corrected chi connectivity index (χ4v) is 1.87. The highest BCUT2D eigenvalue weighted by molar-refractivity contribution is 6.17. The van der Waals surface area contributed by atoms with Gasteiger partial charge in [-0.3, -0.25) is 4.79 Å². The van der Waals surface area contributed by atoms with E-state index in [0.29, 0.717) is 23.9 Å². The Bertz CT molecular complexity index is 351. The molecule has 3 nitrogen and oxygen atoms in total. The van der Waals surface area contributed by atoms with Crippen LogP contribution in [-0.4, -0.2) is 23.4 Å². The van der Waals surface area contributed by atoms with Crippen molar-refractivity contribution in [2.75, 3.05) is 12.4 Å². The van der Waals surface area contributed by atoms with Gasteiger partial charge in [-0.05, 0) is 36.6 Å². The van der Waals surface area contributed by atoms with E-state index in [4.69, 9.17) is 16.7 Å². The molecule has 1 unspecified atom stereocenters. The minimum Gasteiger partial charge on any atom is -0.508 e. The maximum Gasteiger partial charge on any atom is 0.251 e. The van der Waals surface area contributed by atoms with Crippen molar-refractivity contribution in [2.45, 2.75) is 19.8 Å². The van der Waals surface area contributed by atoms with Crippen LogP contribution in [0.5, 0.6) is 5.75 Å². The van der Waals surface area contributed by atoms with Crippen LogP contribution in [0.15, 0.2) is 24.3 Å². The monoisotopic (exact) mass is 255 g/mol. The number of amides is 1. The van der Waals surface area contributed by atoms with Gasteiger partial charge >= 0.3 is 0 Å². The average Bonchev–Trinajstić information content (AvgIpc) is 2.35. The van der Waals surface area contributed by atoms with Crippen molar-refractivity contribution >= 4 is 17.5 Å². The Labute approximate surface area is 107 Å². The fraction of sp³-hybridized carbons (Fsp3) is 0.462. The molecule has 17 heavy (non-hydrogen) atoms. The topological polar surface area (TPSA) is 49.3 Å². The van der Waals surface area contributed by atoms with E-state index in [9.17, 15) is 4.79 Å². The lowest BCUT2D eigenvalue weighted by Gasteiger charge is -2.14. The van der Waals surface area contributed by atoms with E-state index in [1.54, 1.807) is 12.1 Å². The highest BCUT2D eigenvalue weighted by Gasteiger charge is 2.09. The molecule has 0 bridgehead atoms. The van der Waals surface area contributed by atoms with Crippen LogP contribution in [0.25, 0.3) is 0 Å². The lowest BCUT2D eigenvalue weighted by molar-refractivity contribution is 0.0946. The smallest absolute Gasteiger partial charge is 0.251 e. The molecule has 2 N–H and O–H groups in total. The molecule has 0 aliphatic rings. The second-order valence-corrected chi connectivity index (χ2v) is 4.39. The van der Waals surface area contributed by atoms with Gasteiger partial charge in [0.1, 0.15) is 5.75 Å². The van der Waals surface area contributed by atoms with Crippen LogP contribution in [-0.2, 0) is 0 Å². The predicted molar refractivity (Wildman–Crippen MR) is 69.6 cm³/mol. The molecule has 0 radical (unpaired) electrons. The zero-order chi connectivity index (χ0) is 12.7. The molecule has 0 aliphatic heterocycles. The normalized spacial score (nSPS) is 12.1. The van der Waals surface area contributed by atoms with Gasteiger partial charge in [-0.1, -0.05) is 13.3 Å². The number of benzene rings is 1. The molecule has 1 aromatic carbocycles. The molecule has 1 amide bonds. The van der Waals surface area contributed by atoms with Crippen molar-refractivity contribution in [2.24, 2.45) is 5.92 Å². The summed E-state index contributed by atoms with van der Waals surface area (Å²) in [5.74, 6) is 1.09. The first-order valence-corrected chi connectivity index (χ1v) is 6.34. The Balaban J connectivity index is 2.46. The number of rotatable bonds is 6. The van der Waals surface area contributed by atoms with Crippen molar-refractivity contribution in [1.82, 2.24) is 5.32 Å². The number of carbonyl (C=O) groups is 1. The number of aromatic hydroxyl groups is 1. The summed E-state index contributed by atoms with van der Waals surface area (Å²) >= 11 is 5.68.